The number of ether oxygens (including phenoxy) is 1. The van der Waals surface area contributed by atoms with Gasteiger partial charge in [0.05, 0.1) is 6.54 Å². The number of urea groups is 1. The fraction of sp³-hybridized carbons (Fsp3) is 0.556. The number of nitrogens with two attached hydrogens (primary N) is 1. The molecule has 1 aliphatic rings. The lowest BCUT2D eigenvalue weighted by Crippen LogP contribution is -2.45. The van der Waals surface area contributed by atoms with Crippen LogP contribution in [0.5, 0.6) is 5.75 Å². The van der Waals surface area contributed by atoms with Crippen LogP contribution in [0.1, 0.15) is 30.4 Å². The van der Waals surface area contributed by atoms with Crippen LogP contribution in [0.2, 0.25) is 0 Å². The number of para-hydroxylation sites is 1. The van der Waals surface area contributed by atoms with Crippen molar-refractivity contribution in [2.24, 2.45) is 11.7 Å². The van der Waals surface area contributed by atoms with Gasteiger partial charge in [-0.3, -0.25) is 4.79 Å². The molecule has 0 bridgehead atoms. The number of benzene rings is 1. The zero-order valence-electron chi connectivity index (χ0n) is 14.5. The van der Waals surface area contributed by atoms with Gasteiger partial charge in [0, 0.05) is 19.5 Å². The first-order valence-electron chi connectivity index (χ1n) is 8.47. The molecule has 1 aromatic rings. The number of primary amides is 1. The Morgan fingerprint density at radius 1 is 1.25 bits per heavy atom. The van der Waals surface area contributed by atoms with Gasteiger partial charge < -0.3 is 20.7 Å². The molecule has 24 heavy (non-hydrogen) atoms. The first-order valence-corrected chi connectivity index (χ1v) is 8.47. The Labute approximate surface area is 143 Å². The third-order valence-electron chi connectivity index (χ3n) is 4.43. The number of likely N-dealkylation sites (tertiary alicyclic amines) is 1. The van der Waals surface area contributed by atoms with Gasteiger partial charge in [0.25, 0.3) is 0 Å². The van der Waals surface area contributed by atoms with E-state index in [0.29, 0.717) is 38.6 Å². The summed E-state index contributed by atoms with van der Waals surface area (Å²) in [4.78, 5) is 24.9. The average molecular weight is 333 g/mol. The van der Waals surface area contributed by atoms with Crippen LogP contribution in [0, 0.1) is 19.8 Å². The molecule has 1 aliphatic heterocycles. The van der Waals surface area contributed by atoms with E-state index in [9.17, 15) is 9.59 Å². The Morgan fingerprint density at radius 2 is 1.88 bits per heavy atom. The predicted octanol–water partition coefficient (Wildman–Crippen LogP) is 1.98. The van der Waals surface area contributed by atoms with Gasteiger partial charge in [-0.1, -0.05) is 18.2 Å². The van der Waals surface area contributed by atoms with Crippen molar-refractivity contribution >= 4 is 11.9 Å². The lowest BCUT2D eigenvalue weighted by atomic mass is 9.93. The second-order valence-electron chi connectivity index (χ2n) is 6.40. The molecule has 1 saturated heterocycles. The van der Waals surface area contributed by atoms with Crippen LogP contribution in [0.3, 0.4) is 0 Å². The second-order valence-corrected chi connectivity index (χ2v) is 6.40. The molecule has 0 atom stereocenters. The van der Waals surface area contributed by atoms with Crippen LogP contribution in [0.15, 0.2) is 18.2 Å². The van der Waals surface area contributed by atoms with Gasteiger partial charge >= 0.3 is 6.03 Å². The molecule has 0 spiro atoms. The molecule has 132 valence electrons. The number of aryl methyl sites for hydroxylation is 2. The quantitative estimate of drug-likeness (QED) is 0.781. The third kappa shape index (κ3) is 5.15. The van der Waals surface area contributed by atoms with Gasteiger partial charge in [-0.2, -0.15) is 0 Å². The fourth-order valence-corrected chi connectivity index (χ4v) is 3.07. The summed E-state index contributed by atoms with van der Waals surface area (Å²) in [7, 11) is 0. The van der Waals surface area contributed by atoms with Crippen molar-refractivity contribution in [2.45, 2.75) is 33.1 Å². The van der Waals surface area contributed by atoms with Crippen molar-refractivity contribution in [3.63, 3.8) is 0 Å². The van der Waals surface area contributed by atoms with Crippen LogP contribution in [-0.4, -0.2) is 43.1 Å². The Balaban J connectivity index is 1.68. The Morgan fingerprint density at radius 3 is 2.46 bits per heavy atom. The van der Waals surface area contributed by atoms with Crippen LogP contribution in [0.4, 0.5) is 4.79 Å². The number of piperidine rings is 1. The molecule has 0 saturated carbocycles. The predicted molar refractivity (Wildman–Crippen MR) is 92.9 cm³/mol. The Kier molecular flexibility index (Phi) is 6.46. The number of amides is 3. The Bertz CT molecular complexity index is 561. The summed E-state index contributed by atoms with van der Waals surface area (Å²) in [6.07, 6.45) is 2.07. The first-order chi connectivity index (χ1) is 11.5. The lowest BCUT2D eigenvalue weighted by molar-refractivity contribution is -0.119. The maximum Gasteiger partial charge on any atom is 0.317 e. The van der Waals surface area contributed by atoms with Crippen molar-refractivity contribution < 1.29 is 14.3 Å². The summed E-state index contributed by atoms with van der Waals surface area (Å²) in [6.45, 7) is 6.26. The summed E-state index contributed by atoms with van der Waals surface area (Å²) in [5, 5.41) is 2.89. The molecule has 1 fully saturated rings. The minimum absolute atomic E-state index is 0.0716. The number of nitrogens with one attached hydrogen (secondary N) is 1. The normalized spacial score (nSPS) is 15.2. The van der Waals surface area contributed by atoms with E-state index in [4.69, 9.17) is 10.5 Å². The second kappa shape index (κ2) is 8.57. The van der Waals surface area contributed by atoms with E-state index in [1.807, 2.05) is 32.0 Å². The number of hydrogen-bond donors (Lipinski definition) is 2. The van der Waals surface area contributed by atoms with Crippen LogP contribution in [-0.2, 0) is 4.79 Å². The molecule has 1 aromatic carbocycles. The van der Waals surface area contributed by atoms with E-state index in [1.54, 1.807) is 4.90 Å². The molecule has 6 nitrogen and oxygen atoms in total. The maximum atomic E-state index is 12.1. The fourth-order valence-electron chi connectivity index (χ4n) is 3.07. The molecule has 3 N–H and O–H groups in total. The summed E-state index contributed by atoms with van der Waals surface area (Å²) in [6, 6.07) is 5.95. The van der Waals surface area contributed by atoms with Crippen LogP contribution in [0.25, 0.3) is 0 Å². The highest BCUT2D eigenvalue weighted by atomic mass is 16.5. The maximum absolute atomic E-state index is 12.1. The minimum Gasteiger partial charge on any atom is -0.491 e. The SMILES string of the molecule is Cc1cccc(C)c1OCCNC(=O)N1CCC(CC(N)=O)CC1. The molecular weight excluding hydrogens is 306 g/mol. The van der Waals surface area contributed by atoms with Gasteiger partial charge in [0.15, 0.2) is 0 Å². The van der Waals surface area contributed by atoms with Gasteiger partial charge in [0.2, 0.25) is 5.91 Å². The molecule has 2 rings (SSSR count). The minimum atomic E-state index is -0.262. The number of rotatable bonds is 6. The molecule has 0 unspecified atom stereocenters. The molecule has 3 amide bonds. The topological polar surface area (TPSA) is 84.7 Å². The van der Waals surface area contributed by atoms with Crippen molar-refractivity contribution in [3.8, 4) is 5.75 Å². The smallest absolute Gasteiger partial charge is 0.317 e. The first kappa shape index (κ1) is 18.1. The number of nitrogens with zero attached hydrogens (tertiary/aromatic N) is 1. The van der Waals surface area contributed by atoms with E-state index in [-0.39, 0.29) is 11.9 Å². The highest BCUT2D eigenvalue weighted by molar-refractivity contribution is 5.75. The summed E-state index contributed by atoms with van der Waals surface area (Å²) < 4.78 is 5.78. The summed E-state index contributed by atoms with van der Waals surface area (Å²) in [5.41, 5.74) is 7.41. The molecule has 0 radical (unpaired) electrons. The summed E-state index contributed by atoms with van der Waals surface area (Å²) >= 11 is 0. The largest absolute Gasteiger partial charge is 0.491 e. The van der Waals surface area contributed by atoms with Gasteiger partial charge in [-0.15, -0.1) is 0 Å². The number of hydrogen-bond acceptors (Lipinski definition) is 3. The number of carbonyl (C=O) groups excluding carboxylic acids is 2. The van der Waals surface area contributed by atoms with Crippen molar-refractivity contribution in [1.82, 2.24) is 10.2 Å². The van der Waals surface area contributed by atoms with Crippen LogP contribution >= 0.6 is 0 Å². The van der Waals surface area contributed by atoms with E-state index in [2.05, 4.69) is 5.32 Å². The highest BCUT2D eigenvalue weighted by Crippen LogP contribution is 2.22. The van der Waals surface area contributed by atoms with Crippen molar-refractivity contribution in [2.75, 3.05) is 26.2 Å². The number of carbonyl (C=O) groups is 2. The lowest BCUT2D eigenvalue weighted by Gasteiger charge is -2.31. The van der Waals surface area contributed by atoms with E-state index >= 15 is 0 Å². The standard InChI is InChI=1S/C18H27N3O3/c1-13-4-3-5-14(2)17(13)24-11-8-20-18(23)21-9-6-15(7-10-21)12-16(19)22/h3-5,15H,6-12H2,1-2H3,(H2,19,22)(H,20,23). The third-order valence-corrected chi connectivity index (χ3v) is 4.43. The molecule has 1 heterocycles. The van der Waals surface area contributed by atoms with Crippen LogP contribution < -0.4 is 15.8 Å². The van der Waals surface area contributed by atoms with Crippen molar-refractivity contribution in [3.05, 3.63) is 29.3 Å². The van der Waals surface area contributed by atoms with Gasteiger partial charge in [-0.05, 0) is 43.7 Å². The average Bonchev–Trinajstić information content (AvgIpc) is 2.53. The zero-order chi connectivity index (χ0) is 17.5. The highest BCUT2D eigenvalue weighted by Gasteiger charge is 2.23. The van der Waals surface area contributed by atoms with Crippen molar-refractivity contribution in [1.29, 1.82) is 0 Å². The van der Waals surface area contributed by atoms with E-state index in [0.717, 1.165) is 29.7 Å². The molecule has 0 aliphatic carbocycles. The monoisotopic (exact) mass is 333 g/mol. The molecule has 0 aromatic heterocycles. The molecular formula is C18H27N3O3. The Hall–Kier alpha value is -2.24. The molecule has 6 heteroatoms. The summed E-state index contributed by atoms with van der Waals surface area (Å²) in [5.74, 6) is 0.930. The van der Waals surface area contributed by atoms with E-state index in [1.165, 1.54) is 0 Å². The zero-order valence-corrected chi connectivity index (χ0v) is 14.5. The van der Waals surface area contributed by atoms with Gasteiger partial charge in [-0.25, -0.2) is 4.79 Å². The van der Waals surface area contributed by atoms with E-state index < -0.39 is 0 Å². The van der Waals surface area contributed by atoms with Gasteiger partial charge in [0.1, 0.15) is 12.4 Å².